The zero-order valence-electron chi connectivity index (χ0n) is 12.9. The third-order valence-electron chi connectivity index (χ3n) is 3.92. The summed E-state index contributed by atoms with van der Waals surface area (Å²) in [6.45, 7) is 3.18. The Kier molecular flexibility index (Phi) is 5.97. The maximum atomic E-state index is 10.9. The molecule has 21 heavy (non-hydrogen) atoms. The standard InChI is InChI=1S/C19H25NO/c1-3-4-15-20(2)18(16-11-7-5-8-12-16)19(21)17-13-9-6-10-14-17/h5-14,18-19,21H,3-4,15H2,1-2H3. The molecule has 0 fully saturated rings. The Balaban J connectivity index is 2.27. The minimum absolute atomic E-state index is 0.0138. The summed E-state index contributed by atoms with van der Waals surface area (Å²) in [6.07, 6.45) is 1.78. The Hall–Kier alpha value is -1.64. The molecule has 0 spiro atoms. The average Bonchev–Trinajstić information content (AvgIpc) is 2.55. The fraction of sp³-hybridized carbons (Fsp3) is 0.368. The van der Waals surface area contributed by atoms with Gasteiger partial charge >= 0.3 is 0 Å². The lowest BCUT2D eigenvalue weighted by Gasteiger charge is -2.32. The van der Waals surface area contributed by atoms with Crippen LogP contribution in [-0.2, 0) is 0 Å². The van der Waals surface area contributed by atoms with Gasteiger partial charge in [0.2, 0.25) is 0 Å². The third kappa shape index (κ3) is 4.16. The number of benzene rings is 2. The van der Waals surface area contributed by atoms with Crippen molar-refractivity contribution >= 4 is 0 Å². The van der Waals surface area contributed by atoms with Crippen LogP contribution in [0.3, 0.4) is 0 Å². The van der Waals surface area contributed by atoms with Crippen LogP contribution in [0, 0.1) is 0 Å². The molecule has 0 amide bonds. The summed E-state index contributed by atoms with van der Waals surface area (Å²) in [4.78, 5) is 2.26. The molecule has 2 heteroatoms. The summed E-state index contributed by atoms with van der Waals surface area (Å²) in [6, 6.07) is 20.2. The quantitative estimate of drug-likeness (QED) is 0.823. The predicted molar refractivity (Wildman–Crippen MR) is 88.1 cm³/mol. The zero-order chi connectivity index (χ0) is 15.1. The van der Waals surface area contributed by atoms with Gasteiger partial charge in [-0.3, -0.25) is 4.90 Å². The number of aliphatic hydroxyl groups is 1. The molecule has 0 saturated heterocycles. The Morgan fingerprint density at radius 1 is 0.905 bits per heavy atom. The molecule has 2 nitrogen and oxygen atoms in total. The molecule has 0 radical (unpaired) electrons. The molecule has 2 unspecified atom stereocenters. The molecule has 0 aliphatic heterocycles. The molecule has 1 N–H and O–H groups in total. The monoisotopic (exact) mass is 283 g/mol. The molecule has 2 rings (SSSR count). The van der Waals surface area contributed by atoms with Crippen LogP contribution in [-0.4, -0.2) is 23.6 Å². The SMILES string of the molecule is CCCCN(C)C(c1ccccc1)C(O)c1ccccc1. The summed E-state index contributed by atoms with van der Waals surface area (Å²) in [5.41, 5.74) is 2.13. The Labute approximate surface area is 128 Å². The van der Waals surface area contributed by atoms with E-state index < -0.39 is 6.10 Å². The van der Waals surface area contributed by atoms with Crippen molar-refractivity contribution in [2.24, 2.45) is 0 Å². The van der Waals surface area contributed by atoms with Gasteiger partial charge in [-0.05, 0) is 31.1 Å². The van der Waals surface area contributed by atoms with Gasteiger partial charge in [0, 0.05) is 0 Å². The molecule has 0 saturated carbocycles. The average molecular weight is 283 g/mol. The van der Waals surface area contributed by atoms with E-state index in [1.165, 1.54) is 0 Å². The maximum absolute atomic E-state index is 10.9. The molecule has 0 aromatic heterocycles. The highest BCUT2D eigenvalue weighted by atomic mass is 16.3. The highest BCUT2D eigenvalue weighted by Gasteiger charge is 2.26. The van der Waals surface area contributed by atoms with E-state index in [1.54, 1.807) is 0 Å². The third-order valence-corrected chi connectivity index (χ3v) is 3.92. The second-order valence-electron chi connectivity index (χ2n) is 5.55. The minimum Gasteiger partial charge on any atom is -0.386 e. The first kappa shape index (κ1) is 15.7. The van der Waals surface area contributed by atoms with Gasteiger partial charge in [0.25, 0.3) is 0 Å². The van der Waals surface area contributed by atoms with E-state index >= 15 is 0 Å². The second-order valence-corrected chi connectivity index (χ2v) is 5.55. The molecule has 112 valence electrons. The summed E-state index contributed by atoms with van der Waals surface area (Å²) in [5.74, 6) is 0. The smallest absolute Gasteiger partial charge is 0.0986 e. The number of aliphatic hydroxyl groups excluding tert-OH is 1. The van der Waals surface area contributed by atoms with Gasteiger partial charge in [-0.1, -0.05) is 74.0 Å². The summed E-state index contributed by atoms with van der Waals surface area (Å²) >= 11 is 0. The van der Waals surface area contributed by atoms with Crippen molar-refractivity contribution in [3.63, 3.8) is 0 Å². The summed E-state index contributed by atoms with van der Waals surface area (Å²) in [5, 5.41) is 10.9. The van der Waals surface area contributed by atoms with E-state index in [0.29, 0.717) is 0 Å². The van der Waals surface area contributed by atoms with E-state index in [2.05, 4.69) is 31.0 Å². The van der Waals surface area contributed by atoms with Crippen LogP contribution in [0.1, 0.15) is 43.0 Å². The van der Waals surface area contributed by atoms with Crippen molar-refractivity contribution in [3.05, 3.63) is 71.8 Å². The Morgan fingerprint density at radius 2 is 1.43 bits per heavy atom. The number of hydrogen-bond acceptors (Lipinski definition) is 2. The Bertz CT molecular complexity index is 512. The van der Waals surface area contributed by atoms with Crippen molar-refractivity contribution in [1.82, 2.24) is 4.90 Å². The van der Waals surface area contributed by atoms with Gasteiger partial charge in [-0.25, -0.2) is 0 Å². The van der Waals surface area contributed by atoms with Gasteiger partial charge in [0.1, 0.15) is 0 Å². The molecule has 0 aliphatic rings. The van der Waals surface area contributed by atoms with Crippen molar-refractivity contribution in [3.8, 4) is 0 Å². The molecule has 2 aromatic rings. The second kappa shape index (κ2) is 7.96. The topological polar surface area (TPSA) is 23.5 Å². The van der Waals surface area contributed by atoms with Crippen LogP contribution in [0.5, 0.6) is 0 Å². The maximum Gasteiger partial charge on any atom is 0.0986 e. The Morgan fingerprint density at radius 3 is 1.95 bits per heavy atom. The molecular formula is C19H25NO. The number of nitrogens with zero attached hydrogens (tertiary/aromatic N) is 1. The molecule has 2 aromatic carbocycles. The van der Waals surface area contributed by atoms with Gasteiger partial charge in [-0.15, -0.1) is 0 Å². The van der Waals surface area contributed by atoms with Crippen molar-refractivity contribution in [1.29, 1.82) is 0 Å². The molecule has 0 aliphatic carbocycles. The van der Waals surface area contributed by atoms with Crippen LogP contribution in [0.2, 0.25) is 0 Å². The van der Waals surface area contributed by atoms with Crippen LogP contribution in [0.15, 0.2) is 60.7 Å². The fourth-order valence-corrected chi connectivity index (χ4v) is 2.71. The molecule has 0 heterocycles. The number of hydrogen-bond donors (Lipinski definition) is 1. The minimum atomic E-state index is -0.518. The zero-order valence-corrected chi connectivity index (χ0v) is 12.9. The van der Waals surface area contributed by atoms with Crippen molar-refractivity contribution in [2.45, 2.75) is 31.9 Å². The first-order valence-corrected chi connectivity index (χ1v) is 7.72. The highest BCUT2D eigenvalue weighted by Crippen LogP contribution is 2.33. The van der Waals surface area contributed by atoms with E-state index in [1.807, 2.05) is 48.5 Å². The van der Waals surface area contributed by atoms with Gasteiger partial charge in [-0.2, -0.15) is 0 Å². The van der Waals surface area contributed by atoms with Crippen LogP contribution < -0.4 is 0 Å². The first-order valence-electron chi connectivity index (χ1n) is 7.72. The number of unbranched alkanes of at least 4 members (excludes halogenated alkanes) is 1. The molecule has 2 atom stereocenters. The first-order chi connectivity index (χ1) is 10.2. The number of likely N-dealkylation sites (N-methyl/N-ethyl adjacent to an activating group) is 1. The summed E-state index contributed by atoms with van der Waals surface area (Å²) < 4.78 is 0. The fourth-order valence-electron chi connectivity index (χ4n) is 2.71. The van der Waals surface area contributed by atoms with Crippen LogP contribution >= 0.6 is 0 Å². The van der Waals surface area contributed by atoms with E-state index in [-0.39, 0.29) is 6.04 Å². The molecular weight excluding hydrogens is 258 g/mol. The lowest BCUT2D eigenvalue weighted by atomic mass is 9.94. The summed E-state index contributed by atoms with van der Waals surface area (Å²) in [7, 11) is 2.10. The van der Waals surface area contributed by atoms with Crippen LogP contribution in [0.4, 0.5) is 0 Å². The predicted octanol–water partition coefficient (Wildman–Crippen LogP) is 4.19. The lowest BCUT2D eigenvalue weighted by molar-refractivity contribution is 0.0612. The normalized spacial score (nSPS) is 14.1. The van der Waals surface area contributed by atoms with E-state index in [0.717, 1.165) is 30.5 Å². The van der Waals surface area contributed by atoms with E-state index in [9.17, 15) is 5.11 Å². The van der Waals surface area contributed by atoms with Gasteiger partial charge < -0.3 is 5.11 Å². The lowest BCUT2D eigenvalue weighted by Crippen LogP contribution is -2.30. The van der Waals surface area contributed by atoms with Gasteiger partial charge in [0.15, 0.2) is 0 Å². The largest absolute Gasteiger partial charge is 0.386 e. The van der Waals surface area contributed by atoms with Gasteiger partial charge in [0.05, 0.1) is 12.1 Å². The highest BCUT2D eigenvalue weighted by molar-refractivity contribution is 5.26. The van der Waals surface area contributed by atoms with Crippen LogP contribution in [0.25, 0.3) is 0 Å². The van der Waals surface area contributed by atoms with E-state index in [4.69, 9.17) is 0 Å². The number of rotatable bonds is 7. The molecule has 0 bridgehead atoms. The van der Waals surface area contributed by atoms with Crippen molar-refractivity contribution < 1.29 is 5.11 Å². The van der Waals surface area contributed by atoms with Crippen molar-refractivity contribution in [2.75, 3.05) is 13.6 Å².